The van der Waals surface area contributed by atoms with Crippen molar-refractivity contribution in [2.45, 2.75) is 25.4 Å². The number of rotatable bonds is 5. The molecule has 0 bridgehead atoms. The molecule has 1 aliphatic rings. The van der Waals surface area contributed by atoms with E-state index in [4.69, 9.17) is 4.74 Å². The first-order valence-corrected chi connectivity index (χ1v) is 9.26. The zero-order valence-electron chi connectivity index (χ0n) is 13.3. The van der Waals surface area contributed by atoms with Gasteiger partial charge in [-0.25, -0.2) is 22.9 Å². The fraction of sp³-hybridized carbons (Fsp3) is 0.571. The zero-order chi connectivity index (χ0) is 16.9. The molecule has 2 rings (SSSR count). The number of amides is 2. The number of likely N-dealkylation sites (tertiary alicyclic amines) is 1. The van der Waals surface area contributed by atoms with Crippen molar-refractivity contribution in [2.75, 3.05) is 26.5 Å². The minimum absolute atomic E-state index is 0.226. The number of urea groups is 1. The van der Waals surface area contributed by atoms with E-state index in [0.29, 0.717) is 25.5 Å². The minimum atomic E-state index is -3.27. The van der Waals surface area contributed by atoms with Crippen LogP contribution in [0.4, 0.5) is 4.79 Å². The van der Waals surface area contributed by atoms with Crippen LogP contribution in [0.1, 0.15) is 18.4 Å². The molecule has 128 valence electrons. The minimum Gasteiger partial charge on any atom is -0.481 e. The zero-order valence-corrected chi connectivity index (χ0v) is 14.1. The molecule has 23 heavy (non-hydrogen) atoms. The van der Waals surface area contributed by atoms with E-state index in [1.54, 1.807) is 17.2 Å². The van der Waals surface area contributed by atoms with Crippen LogP contribution in [0.25, 0.3) is 0 Å². The van der Waals surface area contributed by atoms with Crippen molar-refractivity contribution in [3.05, 3.63) is 23.9 Å². The molecule has 0 unspecified atom stereocenters. The smallest absolute Gasteiger partial charge is 0.317 e. The van der Waals surface area contributed by atoms with Crippen molar-refractivity contribution in [1.29, 1.82) is 0 Å². The number of nitrogens with one attached hydrogen (secondary N) is 2. The van der Waals surface area contributed by atoms with E-state index < -0.39 is 10.0 Å². The molecule has 2 amide bonds. The standard InChI is InChI=1S/C14H22N4O4S/c1-22-13-11(5-3-7-15-13)9-16-14(19)18-8-4-6-12(10-18)17-23(2,20)21/h3,5,7,12,17H,4,6,8-10H2,1-2H3,(H,16,19)/t12-/m1/s1. The van der Waals surface area contributed by atoms with Gasteiger partial charge in [-0.15, -0.1) is 0 Å². The Balaban J connectivity index is 1.90. The van der Waals surface area contributed by atoms with Crippen LogP contribution in [0.15, 0.2) is 18.3 Å². The number of aromatic nitrogens is 1. The third kappa shape index (κ3) is 5.36. The lowest BCUT2D eigenvalue weighted by atomic mass is 10.1. The van der Waals surface area contributed by atoms with Gasteiger partial charge in [0.05, 0.1) is 13.4 Å². The molecule has 0 saturated carbocycles. The monoisotopic (exact) mass is 342 g/mol. The Morgan fingerprint density at radius 1 is 1.52 bits per heavy atom. The average molecular weight is 342 g/mol. The molecule has 2 N–H and O–H groups in total. The highest BCUT2D eigenvalue weighted by atomic mass is 32.2. The highest BCUT2D eigenvalue weighted by Crippen LogP contribution is 2.14. The fourth-order valence-electron chi connectivity index (χ4n) is 2.59. The number of piperidine rings is 1. The Kier molecular flexibility index (Phi) is 5.78. The number of pyridine rings is 1. The van der Waals surface area contributed by atoms with Crippen molar-refractivity contribution in [1.82, 2.24) is 19.9 Å². The molecule has 1 atom stereocenters. The van der Waals surface area contributed by atoms with E-state index in [1.807, 2.05) is 6.07 Å². The number of ether oxygens (including phenoxy) is 1. The number of carbonyl (C=O) groups is 1. The van der Waals surface area contributed by atoms with Crippen LogP contribution in [0.5, 0.6) is 5.88 Å². The van der Waals surface area contributed by atoms with Crippen LogP contribution >= 0.6 is 0 Å². The fourth-order valence-corrected chi connectivity index (χ4v) is 3.38. The van der Waals surface area contributed by atoms with Gasteiger partial charge in [-0.3, -0.25) is 0 Å². The quantitative estimate of drug-likeness (QED) is 0.802. The van der Waals surface area contributed by atoms with Gasteiger partial charge in [-0.1, -0.05) is 6.07 Å². The molecule has 0 spiro atoms. The first kappa shape index (κ1) is 17.5. The van der Waals surface area contributed by atoms with Crippen molar-refractivity contribution < 1.29 is 17.9 Å². The Hall–Kier alpha value is -1.87. The predicted octanol–water partition coefficient (Wildman–Crippen LogP) is 0.313. The summed E-state index contributed by atoms with van der Waals surface area (Å²) in [6, 6.07) is 3.14. The second kappa shape index (κ2) is 7.60. The molecule has 8 nitrogen and oxygen atoms in total. The number of sulfonamides is 1. The highest BCUT2D eigenvalue weighted by molar-refractivity contribution is 7.88. The number of carbonyl (C=O) groups excluding carboxylic acids is 1. The van der Waals surface area contributed by atoms with E-state index in [-0.39, 0.29) is 12.1 Å². The van der Waals surface area contributed by atoms with Crippen LogP contribution in [0, 0.1) is 0 Å². The number of hydrogen-bond donors (Lipinski definition) is 2. The van der Waals surface area contributed by atoms with Gasteiger partial charge < -0.3 is 15.0 Å². The second-order valence-corrected chi connectivity index (χ2v) is 7.29. The predicted molar refractivity (Wildman–Crippen MR) is 85.6 cm³/mol. The van der Waals surface area contributed by atoms with Crippen LogP contribution < -0.4 is 14.8 Å². The van der Waals surface area contributed by atoms with Gasteiger partial charge in [-0.2, -0.15) is 0 Å². The molecule has 1 fully saturated rings. The summed E-state index contributed by atoms with van der Waals surface area (Å²) in [4.78, 5) is 18.0. The molecule has 0 radical (unpaired) electrons. The van der Waals surface area contributed by atoms with E-state index in [9.17, 15) is 13.2 Å². The lowest BCUT2D eigenvalue weighted by Crippen LogP contribution is -2.51. The average Bonchev–Trinajstić information content (AvgIpc) is 2.51. The maximum Gasteiger partial charge on any atom is 0.317 e. The molecule has 9 heteroatoms. The molecule has 1 aromatic heterocycles. The molecular weight excluding hydrogens is 320 g/mol. The lowest BCUT2D eigenvalue weighted by Gasteiger charge is -2.32. The maximum atomic E-state index is 12.3. The summed E-state index contributed by atoms with van der Waals surface area (Å²) in [7, 11) is -1.74. The summed E-state index contributed by atoms with van der Waals surface area (Å²) in [5.41, 5.74) is 0.783. The number of hydrogen-bond acceptors (Lipinski definition) is 5. The third-order valence-electron chi connectivity index (χ3n) is 3.56. The van der Waals surface area contributed by atoms with E-state index in [1.165, 1.54) is 7.11 Å². The SMILES string of the molecule is COc1ncccc1CNC(=O)N1CCC[C@@H](NS(C)(=O)=O)C1. The summed E-state index contributed by atoms with van der Waals surface area (Å²) >= 11 is 0. The highest BCUT2D eigenvalue weighted by Gasteiger charge is 2.25. The summed E-state index contributed by atoms with van der Waals surface area (Å²) < 4.78 is 30.3. The molecule has 1 saturated heterocycles. The van der Waals surface area contributed by atoms with Crippen molar-refractivity contribution >= 4 is 16.1 Å². The Labute approximate surface area is 136 Å². The van der Waals surface area contributed by atoms with Gasteiger partial charge in [-0.05, 0) is 18.9 Å². The van der Waals surface area contributed by atoms with Crippen LogP contribution in [-0.2, 0) is 16.6 Å². The largest absolute Gasteiger partial charge is 0.481 e. The Morgan fingerprint density at radius 3 is 3.00 bits per heavy atom. The Bertz CT molecular complexity index is 650. The molecule has 2 heterocycles. The van der Waals surface area contributed by atoms with Gasteiger partial charge in [0.15, 0.2) is 0 Å². The van der Waals surface area contributed by atoms with Gasteiger partial charge in [0.1, 0.15) is 0 Å². The van der Waals surface area contributed by atoms with Gasteiger partial charge in [0.2, 0.25) is 15.9 Å². The van der Waals surface area contributed by atoms with Gasteiger partial charge in [0.25, 0.3) is 0 Å². The first-order valence-electron chi connectivity index (χ1n) is 7.37. The molecular formula is C14H22N4O4S. The molecule has 0 aromatic carbocycles. The second-order valence-electron chi connectivity index (χ2n) is 5.51. The summed E-state index contributed by atoms with van der Waals surface area (Å²) in [6.45, 7) is 1.28. The van der Waals surface area contributed by atoms with E-state index in [0.717, 1.165) is 24.7 Å². The normalized spacial score (nSPS) is 18.5. The maximum absolute atomic E-state index is 12.3. The van der Waals surface area contributed by atoms with Crippen molar-refractivity contribution in [3.8, 4) is 5.88 Å². The molecule has 0 aliphatic carbocycles. The third-order valence-corrected chi connectivity index (χ3v) is 4.32. The number of nitrogens with zero attached hydrogens (tertiary/aromatic N) is 2. The Morgan fingerprint density at radius 2 is 2.30 bits per heavy atom. The van der Waals surface area contributed by atoms with Crippen LogP contribution in [0.3, 0.4) is 0 Å². The van der Waals surface area contributed by atoms with Crippen LogP contribution in [0.2, 0.25) is 0 Å². The van der Waals surface area contributed by atoms with Crippen molar-refractivity contribution in [3.63, 3.8) is 0 Å². The summed E-state index contributed by atoms with van der Waals surface area (Å²) in [5, 5.41) is 2.82. The lowest BCUT2D eigenvalue weighted by molar-refractivity contribution is 0.177. The van der Waals surface area contributed by atoms with E-state index >= 15 is 0 Å². The van der Waals surface area contributed by atoms with Crippen molar-refractivity contribution in [2.24, 2.45) is 0 Å². The topological polar surface area (TPSA) is 101 Å². The summed E-state index contributed by atoms with van der Waals surface area (Å²) in [5.74, 6) is 0.475. The first-order chi connectivity index (χ1) is 10.9. The summed E-state index contributed by atoms with van der Waals surface area (Å²) in [6.07, 6.45) is 4.24. The molecule has 1 aromatic rings. The number of methoxy groups -OCH3 is 1. The van der Waals surface area contributed by atoms with Crippen LogP contribution in [-0.4, -0.2) is 56.8 Å². The van der Waals surface area contributed by atoms with Gasteiger partial charge >= 0.3 is 6.03 Å². The van der Waals surface area contributed by atoms with E-state index in [2.05, 4.69) is 15.0 Å². The molecule has 1 aliphatic heterocycles. The van der Waals surface area contributed by atoms with Gasteiger partial charge in [0, 0.05) is 37.4 Å².